The van der Waals surface area contributed by atoms with E-state index in [1.54, 1.807) is 0 Å². The highest BCUT2D eigenvalue weighted by molar-refractivity contribution is 5.46. The molecule has 0 spiro atoms. The van der Waals surface area contributed by atoms with Crippen molar-refractivity contribution in [1.82, 2.24) is 0 Å². The molecule has 3 nitrogen and oxygen atoms in total. The Balaban J connectivity index is 2.72. The highest BCUT2D eigenvalue weighted by Gasteiger charge is 2.04. The fraction of sp³-hybridized carbons (Fsp3) is 0.455. The number of aliphatic hydroxyl groups excluding tert-OH is 1. The van der Waals surface area contributed by atoms with Gasteiger partial charge in [0.15, 0.2) is 0 Å². The average molecular weight is 194 g/mol. The number of anilines is 1. The molecule has 0 saturated carbocycles. The van der Waals surface area contributed by atoms with Gasteiger partial charge in [0.2, 0.25) is 0 Å². The molecule has 78 valence electrons. The molecule has 0 bridgehead atoms. The largest absolute Gasteiger partial charge is 0.396 e. The smallest absolute Gasteiger partial charge is 0.0449 e. The molecule has 14 heavy (non-hydrogen) atoms. The summed E-state index contributed by atoms with van der Waals surface area (Å²) >= 11 is 0. The first-order valence-electron chi connectivity index (χ1n) is 4.79. The van der Waals surface area contributed by atoms with Gasteiger partial charge in [-0.1, -0.05) is 12.1 Å². The predicted octanol–water partition coefficient (Wildman–Crippen LogP) is 1.13. The average Bonchev–Trinajstić information content (AvgIpc) is 2.18. The first-order valence-corrected chi connectivity index (χ1v) is 4.79. The summed E-state index contributed by atoms with van der Waals surface area (Å²) in [4.78, 5) is 2.04. The molecule has 0 amide bonds. The minimum Gasteiger partial charge on any atom is -0.396 e. The Hall–Kier alpha value is -1.06. The fourth-order valence-corrected chi connectivity index (χ4v) is 1.33. The van der Waals surface area contributed by atoms with E-state index in [2.05, 4.69) is 0 Å². The summed E-state index contributed by atoms with van der Waals surface area (Å²) in [6, 6.07) is 8.03. The van der Waals surface area contributed by atoms with Crippen molar-refractivity contribution in [2.24, 2.45) is 5.73 Å². The Kier molecular flexibility index (Phi) is 3.92. The maximum atomic E-state index is 8.75. The van der Waals surface area contributed by atoms with E-state index in [1.807, 2.05) is 43.3 Å². The molecule has 1 rings (SSSR count). The first kappa shape index (κ1) is 11.0. The summed E-state index contributed by atoms with van der Waals surface area (Å²) in [5.41, 5.74) is 8.09. The molecule has 0 saturated heterocycles. The van der Waals surface area contributed by atoms with Crippen LogP contribution in [0.1, 0.15) is 18.0 Å². The highest BCUT2D eigenvalue weighted by atomic mass is 16.3. The van der Waals surface area contributed by atoms with Crippen LogP contribution in [0.2, 0.25) is 0 Å². The van der Waals surface area contributed by atoms with Gasteiger partial charge in [-0.2, -0.15) is 0 Å². The minimum absolute atomic E-state index is 0.0591. The number of aliphatic hydroxyl groups is 1. The Morgan fingerprint density at radius 2 is 1.86 bits per heavy atom. The lowest BCUT2D eigenvalue weighted by atomic mass is 10.0. The van der Waals surface area contributed by atoms with E-state index >= 15 is 0 Å². The molecule has 0 aliphatic heterocycles. The molecule has 1 unspecified atom stereocenters. The summed E-state index contributed by atoms with van der Waals surface area (Å²) in [6.07, 6.45) is 0.612. The van der Waals surface area contributed by atoms with Crippen LogP contribution in [0.5, 0.6) is 0 Å². The topological polar surface area (TPSA) is 49.5 Å². The van der Waals surface area contributed by atoms with Gasteiger partial charge >= 0.3 is 0 Å². The van der Waals surface area contributed by atoms with Gasteiger partial charge in [0.05, 0.1) is 0 Å². The number of rotatable bonds is 4. The van der Waals surface area contributed by atoms with Gasteiger partial charge in [0, 0.05) is 32.4 Å². The summed E-state index contributed by atoms with van der Waals surface area (Å²) in [5.74, 6) is 0. The van der Waals surface area contributed by atoms with Gasteiger partial charge < -0.3 is 15.7 Å². The number of nitrogens with zero attached hydrogens (tertiary/aromatic N) is 1. The van der Waals surface area contributed by atoms with Gasteiger partial charge in [0.25, 0.3) is 0 Å². The van der Waals surface area contributed by atoms with Crippen molar-refractivity contribution in [2.75, 3.05) is 25.6 Å². The molecule has 0 fully saturated rings. The Labute approximate surface area is 85.2 Å². The van der Waals surface area contributed by atoms with Crippen LogP contribution in [0.3, 0.4) is 0 Å². The third kappa shape index (κ3) is 2.72. The van der Waals surface area contributed by atoms with Crippen LogP contribution in [0.15, 0.2) is 24.3 Å². The third-order valence-electron chi connectivity index (χ3n) is 2.28. The molecule has 1 aromatic carbocycles. The molecule has 0 aliphatic carbocycles. The summed E-state index contributed by atoms with van der Waals surface area (Å²) in [6.45, 7) is 0.136. The second kappa shape index (κ2) is 4.98. The fourth-order valence-electron chi connectivity index (χ4n) is 1.33. The number of hydrogen-bond donors (Lipinski definition) is 2. The lowest BCUT2D eigenvalue weighted by Crippen LogP contribution is -2.13. The van der Waals surface area contributed by atoms with Crippen LogP contribution in [0, 0.1) is 0 Å². The van der Waals surface area contributed by atoms with Gasteiger partial charge in [-0.3, -0.25) is 0 Å². The van der Waals surface area contributed by atoms with E-state index in [1.165, 1.54) is 0 Å². The SMILES string of the molecule is CN(C)c1ccc(C(N)CCO)cc1. The molecule has 0 aliphatic rings. The van der Waals surface area contributed by atoms with Crippen LogP contribution in [0.4, 0.5) is 5.69 Å². The quantitative estimate of drug-likeness (QED) is 0.755. The molecule has 1 atom stereocenters. The van der Waals surface area contributed by atoms with Crippen molar-refractivity contribution in [2.45, 2.75) is 12.5 Å². The molecule has 0 heterocycles. The van der Waals surface area contributed by atoms with Gasteiger partial charge in [-0.15, -0.1) is 0 Å². The molecule has 1 aromatic rings. The predicted molar refractivity (Wildman–Crippen MR) is 59.4 cm³/mol. The van der Waals surface area contributed by atoms with Gasteiger partial charge in [0.1, 0.15) is 0 Å². The second-order valence-electron chi connectivity index (χ2n) is 3.60. The van der Waals surface area contributed by atoms with E-state index < -0.39 is 0 Å². The van der Waals surface area contributed by atoms with E-state index in [0.29, 0.717) is 6.42 Å². The molecule has 3 N–H and O–H groups in total. The monoisotopic (exact) mass is 194 g/mol. The maximum absolute atomic E-state index is 8.75. The first-order chi connectivity index (χ1) is 6.65. The highest BCUT2D eigenvalue weighted by Crippen LogP contribution is 2.17. The maximum Gasteiger partial charge on any atom is 0.0449 e. The molecule has 3 heteroatoms. The zero-order valence-electron chi connectivity index (χ0n) is 8.77. The Morgan fingerprint density at radius 3 is 2.29 bits per heavy atom. The number of nitrogens with two attached hydrogens (primary N) is 1. The minimum atomic E-state index is -0.0591. The van der Waals surface area contributed by atoms with E-state index in [-0.39, 0.29) is 12.6 Å². The zero-order chi connectivity index (χ0) is 10.6. The zero-order valence-corrected chi connectivity index (χ0v) is 8.77. The summed E-state index contributed by atoms with van der Waals surface area (Å²) in [7, 11) is 4.01. The van der Waals surface area contributed by atoms with Crippen molar-refractivity contribution in [3.8, 4) is 0 Å². The number of benzene rings is 1. The van der Waals surface area contributed by atoms with Crippen LogP contribution < -0.4 is 10.6 Å². The van der Waals surface area contributed by atoms with Crippen molar-refractivity contribution in [3.05, 3.63) is 29.8 Å². The van der Waals surface area contributed by atoms with E-state index in [4.69, 9.17) is 10.8 Å². The summed E-state index contributed by atoms with van der Waals surface area (Å²) < 4.78 is 0. The van der Waals surface area contributed by atoms with Crippen molar-refractivity contribution < 1.29 is 5.11 Å². The number of hydrogen-bond acceptors (Lipinski definition) is 3. The standard InChI is InChI=1S/C11H18N2O/c1-13(2)10-5-3-9(4-6-10)11(12)7-8-14/h3-6,11,14H,7-8,12H2,1-2H3. The lowest BCUT2D eigenvalue weighted by Gasteiger charge is -2.15. The molecular weight excluding hydrogens is 176 g/mol. The Morgan fingerprint density at radius 1 is 1.29 bits per heavy atom. The molecular formula is C11H18N2O. The van der Waals surface area contributed by atoms with Crippen LogP contribution in [-0.2, 0) is 0 Å². The third-order valence-corrected chi connectivity index (χ3v) is 2.28. The molecule has 0 radical (unpaired) electrons. The van der Waals surface area contributed by atoms with Crippen LogP contribution in [0.25, 0.3) is 0 Å². The van der Waals surface area contributed by atoms with Gasteiger partial charge in [-0.05, 0) is 24.1 Å². The lowest BCUT2D eigenvalue weighted by molar-refractivity contribution is 0.276. The normalized spacial score (nSPS) is 12.6. The van der Waals surface area contributed by atoms with Crippen molar-refractivity contribution in [3.63, 3.8) is 0 Å². The second-order valence-corrected chi connectivity index (χ2v) is 3.60. The van der Waals surface area contributed by atoms with Crippen molar-refractivity contribution in [1.29, 1.82) is 0 Å². The van der Waals surface area contributed by atoms with Gasteiger partial charge in [-0.25, -0.2) is 0 Å². The van der Waals surface area contributed by atoms with E-state index in [0.717, 1.165) is 11.3 Å². The van der Waals surface area contributed by atoms with E-state index in [9.17, 15) is 0 Å². The Bertz CT molecular complexity index is 269. The van der Waals surface area contributed by atoms with Crippen LogP contribution >= 0.6 is 0 Å². The molecule has 0 aromatic heterocycles. The summed E-state index contributed by atoms with van der Waals surface area (Å²) in [5, 5.41) is 8.75. The van der Waals surface area contributed by atoms with Crippen LogP contribution in [-0.4, -0.2) is 25.8 Å². The van der Waals surface area contributed by atoms with Crippen molar-refractivity contribution >= 4 is 5.69 Å².